The normalized spacial score (nSPS) is 19.2. The fraction of sp³-hybridized carbons (Fsp3) is 0.348. The number of piperidine rings is 1. The van der Waals surface area contributed by atoms with Crippen LogP contribution in [0.2, 0.25) is 0 Å². The van der Waals surface area contributed by atoms with Crippen LogP contribution in [0.3, 0.4) is 0 Å². The lowest BCUT2D eigenvalue weighted by Gasteiger charge is -2.33. The molecule has 0 spiro atoms. The number of pyridine rings is 1. The van der Waals surface area contributed by atoms with Gasteiger partial charge < -0.3 is 0 Å². The first-order chi connectivity index (χ1) is 13.8. The Labute approximate surface area is 164 Å². The van der Waals surface area contributed by atoms with E-state index >= 15 is 0 Å². The Morgan fingerprint density at radius 1 is 1.07 bits per heavy atom. The van der Waals surface area contributed by atoms with E-state index in [0.717, 1.165) is 48.7 Å². The van der Waals surface area contributed by atoms with Gasteiger partial charge in [-0.3, -0.25) is 14.3 Å². The van der Waals surface area contributed by atoms with Crippen LogP contribution in [0.25, 0.3) is 10.9 Å². The first-order valence-corrected chi connectivity index (χ1v) is 9.98. The van der Waals surface area contributed by atoms with Crippen molar-refractivity contribution >= 4 is 10.9 Å². The molecule has 0 N–H and O–H groups in total. The second-order valence-corrected chi connectivity index (χ2v) is 7.58. The SMILES string of the molecule is O=c1c2ccc(C#Cc3ccccn3)cc2nc2n1CC1CCCCN1CC2. The van der Waals surface area contributed by atoms with Gasteiger partial charge in [-0.05, 0) is 55.6 Å². The molecular weight excluding hydrogens is 348 g/mol. The van der Waals surface area contributed by atoms with E-state index in [9.17, 15) is 4.79 Å². The molecule has 4 heterocycles. The fourth-order valence-corrected chi connectivity index (χ4v) is 4.31. The number of hydrogen-bond donors (Lipinski definition) is 0. The number of hydrogen-bond acceptors (Lipinski definition) is 4. The highest BCUT2D eigenvalue weighted by Gasteiger charge is 2.27. The molecule has 3 aromatic rings. The Morgan fingerprint density at radius 2 is 2.04 bits per heavy atom. The van der Waals surface area contributed by atoms with Crippen LogP contribution in [0, 0.1) is 11.8 Å². The molecule has 0 radical (unpaired) electrons. The molecular formula is C23H22N4O. The lowest BCUT2D eigenvalue weighted by Crippen LogP contribution is -2.42. The summed E-state index contributed by atoms with van der Waals surface area (Å²) in [6.07, 6.45) is 6.24. The molecule has 2 aliphatic rings. The third-order valence-electron chi connectivity index (χ3n) is 5.80. The van der Waals surface area contributed by atoms with Gasteiger partial charge in [-0.2, -0.15) is 0 Å². The summed E-state index contributed by atoms with van der Waals surface area (Å²) in [7, 11) is 0. The van der Waals surface area contributed by atoms with Gasteiger partial charge in [0.25, 0.3) is 5.56 Å². The highest BCUT2D eigenvalue weighted by atomic mass is 16.1. The number of aromatic nitrogens is 3. The molecule has 140 valence electrons. The summed E-state index contributed by atoms with van der Waals surface area (Å²) in [4.78, 5) is 24.8. The molecule has 0 bridgehead atoms. The van der Waals surface area contributed by atoms with E-state index in [0.29, 0.717) is 11.4 Å². The molecule has 28 heavy (non-hydrogen) atoms. The van der Waals surface area contributed by atoms with Crippen molar-refractivity contribution in [2.75, 3.05) is 13.1 Å². The van der Waals surface area contributed by atoms with Crippen LogP contribution in [0.15, 0.2) is 47.4 Å². The van der Waals surface area contributed by atoms with Crippen molar-refractivity contribution in [1.29, 1.82) is 0 Å². The summed E-state index contributed by atoms with van der Waals surface area (Å²) in [5.74, 6) is 7.11. The van der Waals surface area contributed by atoms with Crippen LogP contribution in [0.1, 0.15) is 36.3 Å². The molecule has 0 amide bonds. The summed E-state index contributed by atoms with van der Waals surface area (Å²) in [5, 5.41) is 0.677. The van der Waals surface area contributed by atoms with Crippen molar-refractivity contribution in [1.82, 2.24) is 19.4 Å². The molecule has 1 aromatic carbocycles. The lowest BCUT2D eigenvalue weighted by molar-refractivity contribution is 0.144. The van der Waals surface area contributed by atoms with Crippen molar-refractivity contribution < 1.29 is 0 Å². The van der Waals surface area contributed by atoms with Gasteiger partial charge >= 0.3 is 0 Å². The maximum Gasteiger partial charge on any atom is 0.261 e. The average Bonchev–Trinajstić information content (AvgIpc) is 2.93. The summed E-state index contributed by atoms with van der Waals surface area (Å²) in [6, 6.07) is 11.8. The van der Waals surface area contributed by atoms with E-state index in [4.69, 9.17) is 4.98 Å². The van der Waals surface area contributed by atoms with Gasteiger partial charge in [-0.25, -0.2) is 9.97 Å². The zero-order valence-electron chi connectivity index (χ0n) is 15.8. The summed E-state index contributed by atoms with van der Waals surface area (Å²) in [6.45, 7) is 2.89. The van der Waals surface area contributed by atoms with Gasteiger partial charge in [0.1, 0.15) is 11.5 Å². The standard InChI is InChI=1S/C23H22N4O/c28-23-20-10-8-17(7-9-18-5-1-3-12-24-18)15-21(20)25-22-11-14-26-13-4-2-6-19(26)16-27(22)23/h1,3,5,8,10,12,15,19H,2,4,6,11,13-14,16H2. The maximum absolute atomic E-state index is 13.1. The van der Waals surface area contributed by atoms with Gasteiger partial charge in [0.15, 0.2) is 0 Å². The van der Waals surface area contributed by atoms with Crippen molar-refractivity contribution in [3.63, 3.8) is 0 Å². The van der Waals surface area contributed by atoms with Crippen molar-refractivity contribution in [3.05, 3.63) is 70.0 Å². The van der Waals surface area contributed by atoms with Crippen LogP contribution < -0.4 is 5.56 Å². The third-order valence-corrected chi connectivity index (χ3v) is 5.80. The van der Waals surface area contributed by atoms with Crippen molar-refractivity contribution in [2.45, 2.75) is 38.3 Å². The molecule has 5 nitrogen and oxygen atoms in total. The molecule has 5 rings (SSSR count). The summed E-state index contributed by atoms with van der Waals surface area (Å²) >= 11 is 0. The monoisotopic (exact) mass is 370 g/mol. The molecule has 5 heteroatoms. The van der Waals surface area contributed by atoms with Gasteiger partial charge in [0.2, 0.25) is 0 Å². The zero-order valence-corrected chi connectivity index (χ0v) is 15.8. The first-order valence-electron chi connectivity index (χ1n) is 9.98. The number of nitrogens with zero attached hydrogens (tertiary/aromatic N) is 4. The second kappa shape index (κ2) is 7.21. The Bertz CT molecular complexity index is 1140. The zero-order chi connectivity index (χ0) is 18.9. The lowest BCUT2D eigenvalue weighted by atomic mass is 10.0. The molecule has 2 aromatic heterocycles. The van der Waals surface area contributed by atoms with E-state index in [1.54, 1.807) is 6.20 Å². The predicted molar refractivity (Wildman–Crippen MR) is 109 cm³/mol. The highest BCUT2D eigenvalue weighted by Crippen LogP contribution is 2.22. The molecule has 2 aliphatic heterocycles. The van der Waals surface area contributed by atoms with E-state index in [1.165, 1.54) is 19.3 Å². The molecule has 1 saturated heterocycles. The summed E-state index contributed by atoms with van der Waals surface area (Å²) < 4.78 is 1.91. The smallest absolute Gasteiger partial charge is 0.261 e. The Kier molecular flexibility index (Phi) is 4.42. The van der Waals surface area contributed by atoms with Crippen LogP contribution in [-0.2, 0) is 13.0 Å². The molecule has 1 fully saturated rings. The average molecular weight is 370 g/mol. The van der Waals surface area contributed by atoms with Crippen molar-refractivity contribution in [3.8, 4) is 11.8 Å². The number of benzene rings is 1. The molecule has 0 saturated carbocycles. The van der Waals surface area contributed by atoms with Crippen LogP contribution >= 0.6 is 0 Å². The van der Waals surface area contributed by atoms with Crippen LogP contribution in [0.4, 0.5) is 0 Å². The van der Waals surface area contributed by atoms with E-state index in [-0.39, 0.29) is 5.56 Å². The van der Waals surface area contributed by atoms with Crippen molar-refractivity contribution in [2.24, 2.45) is 0 Å². The Morgan fingerprint density at radius 3 is 2.93 bits per heavy atom. The Hall–Kier alpha value is -2.97. The molecule has 0 aliphatic carbocycles. The maximum atomic E-state index is 13.1. The molecule has 1 atom stereocenters. The van der Waals surface area contributed by atoms with E-state index in [1.807, 2.05) is 41.0 Å². The minimum atomic E-state index is 0.0802. The minimum absolute atomic E-state index is 0.0802. The number of fused-ring (bicyclic) bond motifs is 3. The third kappa shape index (κ3) is 3.21. The van der Waals surface area contributed by atoms with Gasteiger partial charge in [0.05, 0.1) is 10.9 Å². The largest absolute Gasteiger partial charge is 0.298 e. The van der Waals surface area contributed by atoms with Gasteiger partial charge in [0, 0.05) is 37.3 Å². The van der Waals surface area contributed by atoms with Crippen LogP contribution in [-0.4, -0.2) is 38.6 Å². The van der Waals surface area contributed by atoms with E-state index < -0.39 is 0 Å². The summed E-state index contributed by atoms with van der Waals surface area (Å²) in [5.41, 5.74) is 2.40. The number of rotatable bonds is 0. The minimum Gasteiger partial charge on any atom is -0.298 e. The first kappa shape index (κ1) is 17.2. The molecule has 1 unspecified atom stereocenters. The van der Waals surface area contributed by atoms with Gasteiger partial charge in [-0.1, -0.05) is 18.4 Å². The highest BCUT2D eigenvalue weighted by molar-refractivity contribution is 5.79. The topological polar surface area (TPSA) is 51.0 Å². The predicted octanol–water partition coefficient (Wildman–Crippen LogP) is 2.60. The second-order valence-electron chi connectivity index (χ2n) is 7.58. The van der Waals surface area contributed by atoms with E-state index in [2.05, 4.69) is 21.7 Å². The quantitative estimate of drug-likeness (QED) is 0.571. The Balaban J connectivity index is 1.53. The van der Waals surface area contributed by atoms with Crippen LogP contribution in [0.5, 0.6) is 0 Å². The van der Waals surface area contributed by atoms with Gasteiger partial charge in [-0.15, -0.1) is 0 Å². The fourth-order valence-electron chi connectivity index (χ4n) is 4.31.